The number of rotatable bonds is 4. The van der Waals surface area contributed by atoms with Crippen molar-refractivity contribution in [1.82, 2.24) is 15.0 Å². The van der Waals surface area contributed by atoms with Gasteiger partial charge in [0.05, 0.1) is 27.0 Å². The van der Waals surface area contributed by atoms with Crippen LogP contribution in [0.5, 0.6) is 0 Å². The van der Waals surface area contributed by atoms with E-state index < -0.39 is 0 Å². The molecule has 3 heterocycles. The topological polar surface area (TPSA) is 67.8 Å². The number of carbonyl (C=O) groups excluding carboxylic acids is 1. The molecule has 0 aliphatic rings. The monoisotopic (exact) mass is 410 g/mol. The van der Waals surface area contributed by atoms with E-state index in [-0.39, 0.29) is 5.91 Å². The summed E-state index contributed by atoms with van der Waals surface area (Å²) < 4.78 is 1.07. The maximum atomic E-state index is 13.2. The van der Waals surface area contributed by atoms with Crippen molar-refractivity contribution in [3.8, 4) is 11.3 Å². The van der Waals surface area contributed by atoms with Gasteiger partial charge in [-0.2, -0.15) is 0 Å². The van der Waals surface area contributed by atoms with E-state index in [4.69, 9.17) is 4.98 Å². The van der Waals surface area contributed by atoms with E-state index >= 15 is 0 Å². The van der Waals surface area contributed by atoms with Crippen molar-refractivity contribution in [2.24, 2.45) is 0 Å². The van der Waals surface area contributed by atoms with Gasteiger partial charge in [-0.15, -0.1) is 0 Å². The standard InChI is InChI=1S/C24H18N4OS/c1-2-15-9-10-20-22(12-15)30-24(27-20)28-23(29)18-13-21(16-6-5-11-25-14-16)26-19-8-4-3-7-17(18)19/h3-14H,2H2,1H3,(H,27,28,29). The van der Waals surface area contributed by atoms with Crippen molar-refractivity contribution in [2.45, 2.75) is 13.3 Å². The Kier molecular flexibility index (Phi) is 4.69. The summed E-state index contributed by atoms with van der Waals surface area (Å²) in [7, 11) is 0. The van der Waals surface area contributed by atoms with Crippen LogP contribution in [-0.2, 0) is 6.42 Å². The van der Waals surface area contributed by atoms with Crippen LogP contribution in [0.3, 0.4) is 0 Å². The molecule has 6 heteroatoms. The number of aromatic nitrogens is 3. The first kappa shape index (κ1) is 18.4. The highest BCUT2D eigenvalue weighted by Gasteiger charge is 2.16. The highest BCUT2D eigenvalue weighted by molar-refractivity contribution is 7.22. The minimum absolute atomic E-state index is 0.200. The largest absolute Gasteiger partial charge is 0.298 e. The predicted molar refractivity (Wildman–Crippen MR) is 122 cm³/mol. The van der Waals surface area contributed by atoms with Gasteiger partial charge in [-0.3, -0.25) is 15.1 Å². The van der Waals surface area contributed by atoms with Crippen LogP contribution < -0.4 is 5.32 Å². The Morgan fingerprint density at radius 1 is 1.00 bits per heavy atom. The highest BCUT2D eigenvalue weighted by atomic mass is 32.1. The lowest BCUT2D eigenvalue weighted by molar-refractivity contribution is 0.102. The van der Waals surface area contributed by atoms with Crippen LogP contribution in [-0.4, -0.2) is 20.9 Å². The molecule has 5 rings (SSSR count). The van der Waals surface area contributed by atoms with Crippen molar-refractivity contribution >= 4 is 43.5 Å². The van der Waals surface area contributed by atoms with Gasteiger partial charge in [0.1, 0.15) is 0 Å². The SMILES string of the molecule is CCc1ccc2nc(NC(=O)c3cc(-c4cccnc4)nc4ccccc34)sc2c1. The van der Waals surface area contributed by atoms with E-state index in [9.17, 15) is 4.79 Å². The number of fused-ring (bicyclic) bond motifs is 2. The molecule has 0 saturated carbocycles. The van der Waals surface area contributed by atoms with Gasteiger partial charge < -0.3 is 0 Å². The number of aryl methyl sites for hydroxylation is 1. The van der Waals surface area contributed by atoms with Gasteiger partial charge in [0.25, 0.3) is 5.91 Å². The Balaban J connectivity index is 1.55. The van der Waals surface area contributed by atoms with E-state index in [1.54, 1.807) is 12.4 Å². The third-order valence-electron chi connectivity index (χ3n) is 5.00. The summed E-state index contributed by atoms with van der Waals surface area (Å²) in [6, 6.07) is 19.5. The second kappa shape index (κ2) is 7.65. The molecule has 0 bridgehead atoms. The molecule has 0 unspecified atom stereocenters. The predicted octanol–water partition coefficient (Wildman–Crippen LogP) is 5.72. The number of anilines is 1. The lowest BCUT2D eigenvalue weighted by Gasteiger charge is -2.09. The fraction of sp³-hybridized carbons (Fsp3) is 0.0833. The Bertz CT molecular complexity index is 1380. The molecule has 0 radical (unpaired) electrons. The summed E-state index contributed by atoms with van der Waals surface area (Å²) in [5.41, 5.74) is 5.05. The zero-order valence-corrected chi connectivity index (χ0v) is 17.1. The van der Waals surface area contributed by atoms with Gasteiger partial charge in [0, 0.05) is 23.3 Å². The number of hydrogen-bond donors (Lipinski definition) is 1. The number of thiazole rings is 1. The normalized spacial score (nSPS) is 11.1. The Labute approximate surface area is 177 Å². The van der Waals surface area contributed by atoms with Gasteiger partial charge in [0.15, 0.2) is 5.13 Å². The van der Waals surface area contributed by atoms with Crippen LogP contribution in [0.4, 0.5) is 5.13 Å². The summed E-state index contributed by atoms with van der Waals surface area (Å²) >= 11 is 1.49. The third-order valence-corrected chi connectivity index (χ3v) is 5.93. The van der Waals surface area contributed by atoms with E-state index in [0.29, 0.717) is 16.4 Å². The molecule has 1 amide bonds. The molecule has 5 aromatic rings. The molecule has 5 nitrogen and oxygen atoms in total. The Hall–Kier alpha value is -3.64. The van der Waals surface area contributed by atoms with Crippen LogP contribution >= 0.6 is 11.3 Å². The molecule has 0 aliphatic carbocycles. The van der Waals surface area contributed by atoms with Crippen LogP contribution in [0.1, 0.15) is 22.8 Å². The molecule has 0 spiro atoms. The lowest BCUT2D eigenvalue weighted by Crippen LogP contribution is -2.13. The fourth-order valence-electron chi connectivity index (χ4n) is 3.43. The van der Waals surface area contributed by atoms with Crippen LogP contribution in [0.2, 0.25) is 0 Å². The molecule has 30 heavy (non-hydrogen) atoms. The van der Waals surface area contributed by atoms with Gasteiger partial charge in [-0.1, -0.05) is 42.5 Å². The third kappa shape index (κ3) is 3.42. The molecule has 0 saturated heterocycles. The zero-order chi connectivity index (χ0) is 20.5. The number of benzene rings is 2. The molecular weight excluding hydrogens is 392 g/mol. The van der Waals surface area contributed by atoms with Crippen molar-refractivity contribution in [1.29, 1.82) is 0 Å². The Morgan fingerprint density at radius 2 is 1.90 bits per heavy atom. The minimum atomic E-state index is -0.200. The van der Waals surface area contributed by atoms with E-state index in [0.717, 1.165) is 33.1 Å². The fourth-order valence-corrected chi connectivity index (χ4v) is 4.36. The van der Waals surface area contributed by atoms with Crippen molar-refractivity contribution in [2.75, 3.05) is 5.32 Å². The highest BCUT2D eigenvalue weighted by Crippen LogP contribution is 2.29. The van der Waals surface area contributed by atoms with Crippen LogP contribution in [0.25, 0.3) is 32.4 Å². The average Bonchev–Trinajstić information content (AvgIpc) is 3.20. The summed E-state index contributed by atoms with van der Waals surface area (Å²) in [5.74, 6) is -0.200. The first-order chi connectivity index (χ1) is 14.7. The van der Waals surface area contributed by atoms with Gasteiger partial charge in [-0.25, -0.2) is 9.97 Å². The van der Waals surface area contributed by atoms with E-state index in [1.165, 1.54) is 16.9 Å². The summed E-state index contributed by atoms with van der Waals surface area (Å²) in [5, 5.41) is 4.37. The number of nitrogens with one attached hydrogen (secondary N) is 1. The van der Waals surface area contributed by atoms with Crippen molar-refractivity contribution in [3.63, 3.8) is 0 Å². The lowest BCUT2D eigenvalue weighted by atomic mass is 10.0. The first-order valence-corrected chi connectivity index (χ1v) is 10.5. The summed E-state index contributed by atoms with van der Waals surface area (Å²) in [6.45, 7) is 2.12. The zero-order valence-electron chi connectivity index (χ0n) is 16.3. The summed E-state index contributed by atoms with van der Waals surface area (Å²) in [6.07, 6.45) is 4.43. The van der Waals surface area contributed by atoms with Crippen molar-refractivity contribution < 1.29 is 4.79 Å². The molecule has 2 aromatic carbocycles. The smallest absolute Gasteiger partial charge is 0.258 e. The van der Waals surface area contributed by atoms with Crippen molar-refractivity contribution in [3.05, 3.63) is 84.2 Å². The summed E-state index contributed by atoms with van der Waals surface area (Å²) in [4.78, 5) is 26.7. The molecule has 0 aliphatic heterocycles. The second-order valence-corrected chi connectivity index (χ2v) is 7.97. The molecule has 0 atom stereocenters. The molecular formula is C24H18N4OS. The Morgan fingerprint density at radius 3 is 2.73 bits per heavy atom. The van der Waals surface area contributed by atoms with Gasteiger partial charge >= 0.3 is 0 Å². The maximum absolute atomic E-state index is 13.2. The minimum Gasteiger partial charge on any atom is -0.298 e. The number of para-hydroxylation sites is 1. The van der Waals surface area contributed by atoms with Crippen LogP contribution in [0, 0.1) is 0 Å². The quantitative estimate of drug-likeness (QED) is 0.411. The first-order valence-electron chi connectivity index (χ1n) is 9.72. The van der Waals surface area contributed by atoms with Gasteiger partial charge in [0.2, 0.25) is 0 Å². The molecule has 1 N–H and O–H groups in total. The number of pyridine rings is 2. The average molecular weight is 411 g/mol. The number of hydrogen-bond acceptors (Lipinski definition) is 5. The number of nitrogens with zero attached hydrogens (tertiary/aromatic N) is 3. The molecule has 0 fully saturated rings. The maximum Gasteiger partial charge on any atom is 0.258 e. The molecule has 3 aromatic heterocycles. The number of amides is 1. The van der Waals surface area contributed by atoms with E-state index in [1.807, 2.05) is 48.5 Å². The van der Waals surface area contributed by atoms with Gasteiger partial charge in [-0.05, 0) is 48.4 Å². The number of carbonyl (C=O) groups is 1. The second-order valence-electron chi connectivity index (χ2n) is 6.94. The van der Waals surface area contributed by atoms with Crippen LogP contribution in [0.15, 0.2) is 73.1 Å². The molecule has 146 valence electrons. The van der Waals surface area contributed by atoms with E-state index in [2.05, 4.69) is 34.3 Å².